The lowest BCUT2D eigenvalue weighted by molar-refractivity contribution is 0.0951. The molecule has 0 aliphatic heterocycles. The first kappa shape index (κ1) is 14.1. The van der Waals surface area contributed by atoms with Crippen LogP contribution in [0.3, 0.4) is 0 Å². The highest BCUT2D eigenvalue weighted by Gasteiger charge is 2.09. The lowest BCUT2D eigenvalue weighted by Crippen LogP contribution is -2.22. The number of aryl methyl sites for hydroxylation is 1. The van der Waals surface area contributed by atoms with E-state index in [1.54, 1.807) is 17.1 Å². The smallest absolute Gasteiger partial charge is 0.254 e. The standard InChI is InChI=1S/C18H17N3O/c1-14-6-5-7-15(10-14)11-19-18(22)16-12-20-21(13-16)17-8-3-2-4-9-17/h2-10,12-13H,11H2,1H3,(H,19,22). The average molecular weight is 291 g/mol. The quantitative estimate of drug-likeness (QED) is 0.803. The number of hydrogen-bond donors (Lipinski definition) is 1. The summed E-state index contributed by atoms with van der Waals surface area (Å²) >= 11 is 0. The van der Waals surface area contributed by atoms with Crippen molar-refractivity contribution < 1.29 is 4.79 Å². The molecule has 0 atom stereocenters. The Hall–Kier alpha value is -2.88. The van der Waals surface area contributed by atoms with Gasteiger partial charge < -0.3 is 5.32 Å². The number of rotatable bonds is 4. The predicted octanol–water partition coefficient (Wildman–Crippen LogP) is 3.11. The lowest BCUT2D eigenvalue weighted by Gasteiger charge is -2.04. The summed E-state index contributed by atoms with van der Waals surface area (Å²) in [7, 11) is 0. The van der Waals surface area contributed by atoms with Crippen molar-refractivity contribution in [3.8, 4) is 5.69 Å². The van der Waals surface area contributed by atoms with Crippen LogP contribution in [0.15, 0.2) is 67.0 Å². The monoisotopic (exact) mass is 291 g/mol. The maximum absolute atomic E-state index is 12.2. The molecule has 2 aromatic carbocycles. The van der Waals surface area contributed by atoms with Crippen LogP contribution in [0, 0.1) is 6.92 Å². The Morgan fingerprint density at radius 2 is 1.95 bits per heavy atom. The summed E-state index contributed by atoms with van der Waals surface area (Å²) in [4.78, 5) is 12.2. The molecule has 0 aliphatic rings. The van der Waals surface area contributed by atoms with Crippen LogP contribution in [0.25, 0.3) is 5.69 Å². The van der Waals surface area contributed by atoms with E-state index in [-0.39, 0.29) is 5.91 Å². The normalized spacial score (nSPS) is 10.4. The van der Waals surface area contributed by atoms with Crippen molar-refractivity contribution in [2.24, 2.45) is 0 Å². The molecule has 22 heavy (non-hydrogen) atoms. The zero-order chi connectivity index (χ0) is 15.4. The second-order valence-electron chi connectivity index (χ2n) is 5.18. The van der Waals surface area contributed by atoms with Gasteiger partial charge in [-0.25, -0.2) is 4.68 Å². The highest BCUT2D eigenvalue weighted by atomic mass is 16.1. The van der Waals surface area contributed by atoms with E-state index in [0.29, 0.717) is 12.1 Å². The summed E-state index contributed by atoms with van der Waals surface area (Å²) in [5.41, 5.74) is 3.75. The number of amides is 1. The molecule has 4 heteroatoms. The van der Waals surface area contributed by atoms with Gasteiger partial charge in [0.2, 0.25) is 0 Å². The molecule has 1 heterocycles. The Morgan fingerprint density at radius 1 is 1.14 bits per heavy atom. The third-order valence-electron chi connectivity index (χ3n) is 3.40. The topological polar surface area (TPSA) is 46.9 Å². The molecule has 1 aromatic heterocycles. The first-order valence-electron chi connectivity index (χ1n) is 7.16. The number of benzene rings is 2. The number of nitrogens with one attached hydrogen (secondary N) is 1. The van der Waals surface area contributed by atoms with Gasteiger partial charge in [-0.2, -0.15) is 5.10 Å². The van der Waals surface area contributed by atoms with Gasteiger partial charge in [0, 0.05) is 12.7 Å². The highest BCUT2D eigenvalue weighted by molar-refractivity contribution is 5.93. The van der Waals surface area contributed by atoms with Crippen molar-refractivity contribution in [1.29, 1.82) is 0 Å². The van der Waals surface area contributed by atoms with Crippen molar-refractivity contribution in [2.45, 2.75) is 13.5 Å². The van der Waals surface area contributed by atoms with Crippen LogP contribution >= 0.6 is 0 Å². The Kier molecular flexibility index (Phi) is 4.01. The highest BCUT2D eigenvalue weighted by Crippen LogP contribution is 2.08. The van der Waals surface area contributed by atoms with E-state index in [9.17, 15) is 4.79 Å². The van der Waals surface area contributed by atoms with E-state index in [0.717, 1.165) is 11.3 Å². The molecule has 110 valence electrons. The van der Waals surface area contributed by atoms with Gasteiger partial charge in [0.1, 0.15) is 0 Å². The molecule has 0 saturated heterocycles. The van der Waals surface area contributed by atoms with Crippen LogP contribution < -0.4 is 5.32 Å². The molecule has 0 fully saturated rings. The first-order valence-corrected chi connectivity index (χ1v) is 7.16. The van der Waals surface area contributed by atoms with Crippen molar-refractivity contribution in [3.05, 3.63) is 83.7 Å². The zero-order valence-electron chi connectivity index (χ0n) is 12.4. The number of para-hydroxylation sites is 1. The van der Waals surface area contributed by atoms with Crippen molar-refractivity contribution >= 4 is 5.91 Å². The van der Waals surface area contributed by atoms with Gasteiger partial charge in [0.05, 0.1) is 17.4 Å². The second kappa shape index (κ2) is 6.26. The Morgan fingerprint density at radius 3 is 2.73 bits per heavy atom. The molecule has 0 spiro atoms. The summed E-state index contributed by atoms with van der Waals surface area (Å²) in [5.74, 6) is -0.122. The van der Waals surface area contributed by atoms with Crippen LogP contribution in [0.5, 0.6) is 0 Å². The third-order valence-corrected chi connectivity index (χ3v) is 3.40. The summed E-state index contributed by atoms with van der Waals surface area (Å²) in [6.07, 6.45) is 3.32. The lowest BCUT2D eigenvalue weighted by atomic mass is 10.1. The summed E-state index contributed by atoms with van der Waals surface area (Å²) in [6.45, 7) is 2.55. The minimum Gasteiger partial charge on any atom is -0.348 e. The molecule has 1 amide bonds. The predicted molar refractivity (Wildman–Crippen MR) is 85.9 cm³/mol. The Bertz CT molecular complexity index is 778. The van der Waals surface area contributed by atoms with Gasteiger partial charge in [-0.3, -0.25) is 4.79 Å². The largest absolute Gasteiger partial charge is 0.348 e. The maximum atomic E-state index is 12.2. The molecular formula is C18H17N3O. The minimum absolute atomic E-state index is 0.122. The molecule has 0 radical (unpaired) electrons. The van der Waals surface area contributed by atoms with Gasteiger partial charge in [-0.15, -0.1) is 0 Å². The van der Waals surface area contributed by atoms with Crippen molar-refractivity contribution in [2.75, 3.05) is 0 Å². The van der Waals surface area contributed by atoms with Crippen LogP contribution in [-0.2, 0) is 6.54 Å². The molecule has 0 unspecified atom stereocenters. The average Bonchev–Trinajstić information content (AvgIpc) is 3.04. The number of carbonyl (C=O) groups excluding carboxylic acids is 1. The maximum Gasteiger partial charge on any atom is 0.254 e. The van der Waals surface area contributed by atoms with Gasteiger partial charge in [-0.1, -0.05) is 48.0 Å². The molecule has 3 aromatic rings. The number of carbonyl (C=O) groups is 1. The van der Waals surface area contributed by atoms with Crippen LogP contribution in [-0.4, -0.2) is 15.7 Å². The van der Waals surface area contributed by atoms with Gasteiger partial charge >= 0.3 is 0 Å². The molecule has 0 saturated carbocycles. The van der Waals surface area contributed by atoms with E-state index in [1.165, 1.54) is 5.56 Å². The van der Waals surface area contributed by atoms with Gasteiger partial charge in [0.15, 0.2) is 0 Å². The molecule has 1 N–H and O–H groups in total. The SMILES string of the molecule is Cc1cccc(CNC(=O)c2cnn(-c3ccccc3)c2)c1. The van der Waals surface area contributed by atoms with Crippen molar-refractivity contribution in [3.63, 3.8) is 0 Å². The zero-order valence-corrected chi connectivity index (χ0v) is 12.4. The van der Waals surface area contributed by atoms with E-state index in [1.807, 2.05) is 55.5 Å². The fourth-order valence-corrected chi connectivity index (χ4v) is 2.27. The van der Waals surface area contributed by atoms with E-state index in [2.05, 4.69) is 16.5 Å². The molecule has 0 aliphatic carbocycles. The van der Waals surface area contributed by atoms with E-state index >= 15 is 0 Å². The first-order chi connectivity index (χ1) is 10.7. The van der Waals surface area contributed by atoms with Crippen LogP contribution in [0.2, 0.25) is 0 Å². The Labute approximate surface area is 129 Å². The molecular weight excluding hydrogens is 274 g/mol. The van der Waals surface area contributed by atoms with E-state index < -0.39 is 0 Å². The van der Waals surface area contributed by atoms with E-state index in [4.69, 9.17) is 0 Å². The van der Waals surface area contributed by atoms with Crippen LogP contribution in [0.4, 0.5) is 0 Å². The summed E-state index contributed by atoms with van der Waals surface area (Å²) in [6, 6.07) is 17.8. The fraction of sp³-hybridized carbons (Fsp3) is 0.111. The molecule has 0 bridgehead atoms. The van der Waals surface area contributed by atoms with Crippen molar-refractivity contribution in [1.82, 2.24) is 15.1 Å². The molecule has 4 nitrogen and oxygen atoms in total. The Balaban J connectivity index is 1.67. The number of aromatic nitrogens is 2. The number of nitrogens with zero attached hydrogens (tertiary/aromatic N) is 2. The fourth-order valence-electron chi connectivity index (χ4n) is 2.27. The summed E-state index contributed by atoms with van der Waals surface area (Å²) < 4.78 is 1.70. The van der Waals surface area contributed by atoms with Gasteiger partial charge in [-0.05, 0) is 24.6 Å². The minimum atomic E-state index is -0.122. The van der Waals surface area contributed by atoms with Crippen LogP contribution in [0.1, 0.15) is 21.5 Å². The molecule has 3 rings (SSSR count). The number of hydrogen-bond acceptors (Lipinski definition) is 2. The van der Waals surface area contributed by atoms with Gasteiger partial charge in [0.25, 0.3) is 5.91 Å². The third kappa shape index (κ3) is 3.23. The second-order valence-corrected chi connectivity index (χ2v) is 5.18. The summed E-state index contributed by atoms with van der Waals surface area (Å²) in [5, 5.41) is 7.15.